The van der Waals surface area contributed by atoms with Crippen molar-refractivity contribution in [3.63, 3.8) is 0 Å². The summed E-state index contributed by atoms with van der Waals surface area (Å²) in [5.74, 6) is -0.651. The Balaban J connectivity index is 2.58. The molecule has 0 fully saturated rings. The Morgan fingerprint density at radius 2 is 1.90 bits per heavy atom. The van der Waals surface area contributed by atoms with E-state index in [1.807, 2.05) is 50.8 Å². The molecular weight excluding hydrogens is 268 g/mol. The first kappa shape index (κ1) is 15.0. The Hall–Kier alpha value is -2.37. The number of carboxylic acid groups (broad SMARTS) is 1. The number of hydrogen-bond acceptors (Lipinski definition) is 4. The van der Waals surface area contributed by atoms with Gasteiger partial charge in [-0.3, -0.25) is 0 Å². The van der Waals surface area contributed by atoms with Crippen LogP contribution in [0.1, 0.15) is 35.5 Å². The predicted octanol–water partition coefficient (Wildman–Crippen LogP) is 2.43. The highest BCUT2D eigenvalue weighted by Gasteiger charge is 2.22. The van der Waals surface area contributed by atoms with Gasteiger partial charge in [-0.15, -0.1) is 15.0 Å². The van der Waals surface area contributed by atoms with Crippen molar-refractivity contribution in [3.05, 3.63) is 35.0 Å². The number of benzene rings is 1. The van der Waals surface area contributed by atoms with Gasteiger partial charge in [0.1, 0.15) is 0 Å². The number of nitrogens with zero attached hydrogens (tertiary/aromatic N) is 4. The highest BCUT2D eigenvalue weighted by atomic mass is 16.4. The molecule has 1 aromatic heterocycles. The minimum Gasteiger partial charge on any atom is -0.476 e. The first-order chi connectivity index (χ1) is 9.97. The first-order valence-corrected chi connectivity index (χ1v) is 7.01. The number of aromatic carboxylic acids is 1. The molecule has 6 heteroatoms. The molecule has 0 spiro atoms. The zero-order valence-corrected chi connectivity index (χ0v) is 12.8. The molecule has 21 heavy (non-hydrogen) atoms. The van der Waals surface area contributed by atoms with Crippen molar-refractivity contribution >= 4 is 11.8 Å². The molecule has 6 nitrogen and oxygen atoms in total. The first-order valence-electron chi connectivity index (χ1n) is 7.01. The minimum absolute atomic E-state index is 0.0143. The second-order valence-electron chi connectivity index (χ2n) is 4.93. The van der Waals surface area contributed by atoms with Crippen LogP contribution in [0.15, 0.2) is 18.2 Å². The summed E-state index contributed by atoms with van der Waals surface area (Å²) < 4.78 is 0. The molecule has 0 atom stereocenters. The Labute approximate surface area is 124 Å². The lowest BCUT2D eigenvalue weighted by atomic mass is 10.1. The van der Waals surface area contributed by atoms with E-state index in [2.05, 4.69) is 10.2 Å². The number of rotatable bonds is 5. The van der Waals surface area contributed by atoms with Crippen molar-refractivity contribution in [1.82, 2.24) is 15.0 Å². The lowest BCUT2D eigenvalue weighted by Gasteiger charge is -2.17. The fraction of sp³-hybridized carbons (Fsp3) is 0.400. The molecule has 0 saturated carbocycles. The lowest BCUT2D eigenvalue weighted by molar-refractivity contribution is 0.0690. The predicted molar refractivity (Wildman–Crippen MR) is 81.4 cm³/mol. The zero-order valence-electron chi connectivity index (χ0n) is 12.8. The number of anilines is 1. The standard InChI is InChI=1S/C15H20N4O2/c1-5-18(6-2)14-13(15(20)21)16-19(17-14)12-9-10(3)7-8-11(12)4/h7-9H,5-6H2,1-4H3,(H,20,21). The van der Waals surface area contributed by atoms with Crippen molar-refractivity contribution in [3.8, 4) is 5.69 Å². The second-order valence-corrected chi connectivity index (χ2v) is 4.93. The van der Waals surface area contributed by atoms with Crippen LogP contribution in [0.25, 0.3) is 5.69 Å². The van der Waals surface area contributed by atoms with Gasteiger partial charge >= 0.3 is 5.97 Å². The number of hydrogen-bond donors (Lipinski definition) is 1. The van der Waals surface area contributed by atoms with E-state index < -0.39 is 5.97 Å². The summed E-state index contributed by atoms with van der Waals surface area (Å²) in [4.78, 5) is 14.7. The third kappa shape index (κ3) is 2.89. The smallest absolute Gasteiger partial charge is 0.360 e. The van der Waals surface area contributed by atoms with Crippen LogP contribution in [-0.2, 0) is 0 Å². The molecule has 0 aliphatic carbocycles. The van der Waals surface area contributed by atoms with E-state index >= 15 is 0 Å². The van der Waals surface area contributed by atoms with E-state index in [1.54, 1.807) is 0 Å². The van der Waals surface area contributed by atoms with Gasteiger partial charge in [0.15, 0.2) is 5.82 Å². The highest BCUT2D eigenvalue weighted by molar-refractivity contribution is 5.91. The van der Waals surface area contributed by atoms with Crippen molar-refractivity contribution in [2.24, 2.45) is 0 Å². The molecule has 0 saturated heterocycles. The van der Waals surface area contributed by atoms with Crippen LogP contribution in [0.4, 0.5) is 5.82 Å². The average Bonchev–Trinajstić information content (AvgIpc) is 2.88. The molecule has 2 aromatic rings. The normalized spacial score (nSPS) is 10.7. The molecule has 0 aliphatic rings. The van der Waals surface area contributed by atoms with Crippen LogP contribution in [0.5, 0.6) is 0 Å². The average molecular weight is 288 g/mol. The molecular formula is C15H20N4O2. The molecule has 0 bridgehead atoms. The fourth-order valence-corrected chi connectivity index (χ4v) is 2.22. The number of carboxylic acids is 1. The molecule has 1 N–H and O–H groups in total. The van der Waals surface area contributed by atoms with Gasteiger partial charge in [-0.05, 0) is 44.9 Å². The summed E-state index contributed by atoms with van der Waals surface area (Å²) in [5.41, 5.74) is 2.86. The maximum atomic E-state index is 11.4. The zero-order chi connectivity index (χ0) is 15.6. The van der Waals surface area contributed by atoms with Gasteiger partial charge in [0, 0.05) is 13.1 Å². The van der Waals surface area contributed by atoms with Gasteiger partial charge in [-0.25, -0.2) is 4.79 Å². The van der Waals surface area contributed by atoms with Crippen LogP contribution in [0, 0.1) is 13.8 Å². The monoisotopic (exact) mass is 288 g/mol. The summed E-state index contributed by atoms with van der Waals surface area (Å²) in [6.07, 6.45) is 0. The van der Waals surface area contributed by atoms with Gasteiger partial charge in [0.25, 0.3) is 0 Å². The molecule has 0 aliphatic heterocycles. The van der Waals surface area contributed by atoms with E-state index in [9.17, 15) is 9.90 Å². The largest absolute Gasteiger partial charge is 0.476 e. The van der Waals surface area contributed by atoms with Crippen molar-refractivity contribution in [2.45, 2.75) is 27.7 Å². The van der Waals surface area contributed by atoms with E-state index in [1.165, 1.54) is 4.80 Å². The summed E-state index contributed by atoms with van der Waals surface area (Å²) in [6.45, 7) is 9.23. The Morgan fingerprint density at radius 3 is 2.48 bits per heavy atom. The van der Waals surface area contributed by atoms with E-state index in [0.29, 0.717) is 18.9 Å². The van der Waals surface area contributed by atoms with Crippen LogP contribution < -0.4 is 4.90 Å². The van der Waals surface area contributed by atoms with Crippen LogP contribution in [-0.4, -0.2) is 39.2 Å². The number of aryl methyl sites for hydroxylation is 2. The Morgan fingerprint density at radius 1 is 1.24 bits per heavy atom. The molecule has 1 heterocycles. The van der Waals surface area contributed by atoms with Crippen LogP contribution in [0.2, 0.25) is 0 Å². The van der Waals surface area contributed by atoms with E-state index in [-0.39, 0.29) is 5.69 Å². The Kier molecular flexibility index (Phi) is 4.26. The van der Waals surface area contributed by atoms with Crippen LogP contribution in [0.3, 0.4) is 0 Å². The molecule has 0 unspecified atom stereocenters. The SMILES string of the molecule is CCN(CC)c1nn(-c2cc(C)ccc2C)nc1C(=O)O. The van der Waals surface area contributed by atoms with E-state index in [0.717, 1.165) is 16.8 Å². The van der Waals surface area contributed by atoms with Crippen LogP contribution >= 0.6 is 0 Å². The van der Waals surface area contributed by atoms with Gasteiger partial charge in [-0.1, -0.05) is 12.1 Å². The molecule has 0 radical (unpaired) electrons. The molecule has 2 rings (SSSR count). The van der Waals surface area contributed by atoms with Gasteiger partial charge in [0.2, 0.25) is 5.69 Å². The maximum Gasteiger partial charge on any atom is 0.360 e. The second kappa shape index (κ2) is 5.95. The van der Waals surface area contributed by atoms with Crippen molar-refractivity contribution in [2.75, 3.05) is 18.0 Å². The van der Waals surface area contributed by atoms with Crippen molar-refractivity contribution < 1.29 is 9.90 Å². The lowest BCUT2D eigenvalue weighted by Crippen LogP contribution is -2.24. The number of aromatic nitrogens is 3. The summed E-state index contributed by atoms with van der Waals surface area (Å²) in [5, 5.41) is 17.9. The molecule has 0 amide bonds. The molecule has 112 valence electrons. The molecule has 1 aromatic carbocycles. The minimum atomic E-state index is -1.06. The summed E-state index contributed by atoms with van der Waals surface area (Å²) in [7, 11) is 0. The van der Waals surface area contributed by atoms with Crippen molar-refractivity contribution in [1.29, 1.82) is 0 Å². The number of carbonyl (C=O) groups is 1. The fourth-order valence-electron chi connectivity index (χ4n) is 2.22. The topological polar surface area (TPSA) is 71.2 Å². The van der Waals surface area contributed by atoms with Gasteiger partial charge in [0.05, 0.1) is 5.69 Å². The summed E-state index contributed by atoms with van der Waals surface area (Å²) >= 11 is 0. The van der Waals surface area contributed by atoms with Gasteiger partial charge < -0.3 is 10.0 Å². The quantitative estimate of drug-likeness (QED) is 0.915. The third-order valence-corrected chi connectivity index (χ3v) is 3.44. The maximum absolute atomic E-state index is 11.4. The summed E-state index contributed by atoms with van der Waals surface area (Å²) in [6, 6.07) is 5.93. The third-order valence-electron chi connectivity index (χ3n) is 3.44. The van der Waals surface area contributed by atoms with E-state index in [4.69, 9.17) is 0 Å². The van der Waals surface area contributed by atoms with Gasteiger partial charge in [-0.2, -0.15) is 0 Å². The highest BCUT2D eigenvalue weighted by Crippen LogP contribution is 2.20. The Bertz CT molecular complexity index is 660.